The van der Waals surface area contributed by atoms with E-state index in [-0.39, 0.29) is 0 Å². The monoisotopic (exact) mass is 272 g/mol. The minimum absolute atomic E-state index is 0.631. The third-order valence-corrected chi connectivity index (χ3v) is 3.45. The largest absolute Gasteiger partial charge is 0.467 e. The predicted molar refractivity (Wildman–Crippen MR) is 77.5 cm³/mol. The van der Waals surface area contributed by atoms with E-state index in [1.807, 2.05) is 37.3 Å². The van der Waals surface area contributed by atoms with Gasteiger partial charge in [0.05, 0.1) is 29.0 Å². The maximum atomic E-state index is 6.17. The zero-order chi connectivity index (χ0) is 13.2. The van der Waals surface area contributed by atoms with E-state index in [9.17, 15) is 0 Å². The molecule has 3 aromatic rings. The minimum atomic E-state index is 0.631. The summed E-state index contributed by atoms with van der Waals surface area (Å²) in [5, 5.41) is 5.00. The first kappa shape index (κ1) is 12.1. The molecule has 0 atom stereocenters. The number of furan rings is 1. The zero-order valence-corrected chi connectivity index (χ0v) is 11.2. The number of fused-ring (bicyclic) bond motifs is 1. The molecule has 4 heteroatoms. The Morgan fingerprint density at radius 3 is 2.95 bits per heavy atom. The molecule has 0 amide bonds. The topological polar surface area (TPSA) is 38.1 Å². The highest BCUT2D eigenvalue weighted by Crippen LogP contribution is 2.28. The van der Waals surface area contributed by atoms with Crippen LogP contribution in [0.5, 0.6) is 0 Å². The van der Waals surface area contributed by atoms with Gasteiger partial charge in [0.1, 0.15) is 5.76 Å². The van der Waals surface area contributed by atoms with Crippen LogP contribution in [0.3, 0.4) is 0 Å². The Morgan fingerprint density at radius 2 is 2.16 bits per heavy atom. The maximum Gasteiger partial charge on any atom is 0.125 e. The normalized spacial score (nSPS) is 10.8. The molecule has 3 nitrogen and oxygen atoms in total. The lowest BCUT2D eigenvalue weighted by Gasteiger charge is -2.09. The summed E-state index contributed by atoms with van der Waals surface area (Å²) < 4.78 is 5.41. The fourth-order valence-electron chi connectivity index (χ4n) is 2.04. The van der Waals surface area contributed by atoms with E-state index in [0.717, 1.165) is 27.9 Å². The Bertz CT molecular complexity index is 721. The second-order valence-corrected chi connectivity index (χ2v) is 4.78. The van der Waals surface area contributed by atoms with Crippen LogP contribution in [0.4, 0.5) is 5.69 Å². The zero-order valence-electron chi connectivity index (χ0n) is 10.5. The number of anilines is 1. The van der Waals surface area contributed by atoms with Crippen LogP contribution >= 0.6 is 11.6 Å². The number of nitrogens with one attached hydrogen (secondary N) is 1. The highest BCUT2D eigenvalue weighted by Gasteiger charge is 2.07. The lowest BCUT2D eigenvalue weighted by atomic mass is 10.2. The summed E-state index contributed by atoms with van der Waals surface area (Å²) in [5.74, 6) is 0.930. The van der Waals surface area contributed by atoms with E-state index in [1.165, 1.54) is 0 Å². The molecular weight excluding hydrogens is 260 g/mol. The Balaban J connectivity index is 1.93. The number of nitrogens with zero attached hydrogens (tertiary/aromatic N) is 1. The number of pyridine rings is 1. The van der Waals surface area contributed by atoms with Gasteiger partial charge in [0.25, 0.3) is 0 Å². The molecule has 0 radical (unpaired) electrons. The van der Waals surface area contributed by atoms with Crippen LogP contribution < -0.4 is 5.32 Å². The molecule has 0 spiro atoms. The average molecular weight is 273 g/mol. The number of rotatable bonds is 3. The molecule has 2 heterocycles. The molecule has 0 saturated carbocycles. The summed E-state index contributed by atoms with van der Waals surface area (Å²) in [7, 11) is 0. The summed E-state index contributed by atoms with van der Waals surface area (Å²) in [5.41, 5.74) is 2.97. The van der Waals surface area contributed by atoms with Gasteiger partial charge >= 0.3 is 0 Å². The molecule has 0 aliphatic rings. The van der Waals surface area contributed by atoms with Gasteiger partial charge in [-0.25, -0.2) is 0 Å². The van der Waals surface area contributed by atoms with Crippen LogP contribution in [-0.4, -0.2) is 4.98 Å². The van der Waals surface area contributed by atoms with Crippen molar-refractivity contribution in [2.45, 2.75) is 13.5 Å². The Morgan fingerprint density at radius 1 is 1.26 bits per heavy atom. The summed E-state index contributed by atoms with van der Waals surface area (Å²) in [6, 6.07) is 9.62. The van der Waals surface area contributed by atoms with Crippen molar-refractivity contribution in [3.63, 3.8) is 0 Å². The van der Waals surface area contributed by atoms with Gasteiger partial charge in [-0.05, 0) is 42.8 Å². The van der Waals surface area contributed by atoms with E-state index in [4.69, 9.17) is 16.0 Å². The van der Waals surface area contributed by atoms with Crippen LogP contribution in [0.2, 0.25) is 5.02 Å². The standard InChI is InChI=1S/C15H13ClN2O/c1-10-6-8-19-14(10)9-18-13-5-4-12(16)11-3-2-7-17-15(11)13/h2-8,18H,9H2,1H3. The molecule has 2 aromatic heterocycles. The molecule has 0 unspecified atom stereocenters. The molecule has 0 aliphatic heterocycles. The van der Waals surface area contributed by atoms with Gasteiger partial charge < -0.3 is 9.73 Å². The second-order valence-electron chi connectivity index (χ2n) is 4.37. The fourth-order valence-corrected chi connectivity index (χ4v) is 2.26. The molecule has 0 saturated heterocycles. The van der Waals surface area contributed by atoms with Crippen LogP contribution in [0.1, 0.15) is 11.3 Å². The molecule has 1 N–H and O–H groups in total. The smallest absolute Gasteiger partial charge is 0.125 e. The molecule has 0 aliphatic carbocycles. The Labute approximate surface area is 116 Å². The number of halogens is 1. The van der Waals surface area contributed by atoms with Crippen LogP contribution in [0.15, 0.2) is 47.2 Å². The average Bonchev–Trinajstić information content (AvgIpc) is 2.84. The molecule has 3 rings (SSSR count). The van der Waals surface area contributed by atoms with Gasteiger partial charge in [-0.2, -0.15) is 0 Å². The lowest BCUT2D eigenvalue weighted by molar-refractivity contribution is 0.515. The van der Waals surface area contributed by atoms with Gasteiger partial charge in [-0.1, -0.05) is 11.6 Å². The van der Waals surface area contributed by atoms with Crippen molar-refractivity contribution in [1.29, 1.82) is 0 Å². The summed E-state index contributed by atoms with van der Waals surface area (Å²) in [6.45, 7) is 2.66. The number of aromatic nitrogens is 1. The van der Waals surface area contributed by atoms with Gasteiger partial charge in [-0.3, -0.25) is 4.98 Å². The quantitative estimate of drug-likeness (QED) is 0.768. The van der Waals surface area contributed by atoms with Crippen LogP contribution in [0.25, 0.3) is 10.9 Å². The predicted octanol–water partition coefficient (Wildman–Crippen LogP) is 4.40. The highest BCUT2D eigenvalue weighted by atomic mass is 35.5. The first-order chi connectivity index (χ1) is 9.25. The second kappa shape index (κ2) is 4.94. The van der Waals surface area contributed by atoms with Gasteiger partial charge in [0, 0.05) is 11.6 Å². The molecule has 0 bridgehead atoms. The van der Waals surface area contributed by atoms with E-state index < -0.39 is 0 Å². The Kier molecular flexibility index (Phi) is 3.13. The summed E-state index contributed by atoms with van der Waals surface area (Å²) >= 11 is 6.17. The molecule has 19 heavy (non-hydrogen) atoms. The fraction of sp³-hybridized carbons (Fsp3) is 0.133. The summed E-state index contributed by atoms with van der Waals surface area (Å²) in [4.78, 5) is 4.39. The van der Waals surface area contributed by atoms with Crippen molar-refractivity contribution in [2.24, 2.45) is 0 Å². The van der Waals surface area contributed by atoms with Crippen molar-refractivity contribution in [1.82, 2.24) is 4.98 Å². The number of aryl methyl sites for hydroxylation is 1. The van der Waals surface area contributed by atoms with E-state index in [2.05, 4.69) is 10.3 Å². The number of benzene rings is 1. The molecule has 1 aromatic carbocycles. The summed E-state index contributed by atoms with van der Waals surface area (Å²) in [6.07, 6.45) is 3.46. The first-order valence-electron chi connectivity index (χ1n) is 6.06. The Hall–Kier alpha value is -2.00. The minimum Gasteiger partial charge on any atom is -0.467 e. The third kappa shape index (κ3) is 2.29. The van der Waals surface area contributed by atoms with E-state index in [0.29, 0.717) is 11.6 Å². The third-order valence-electron chi connectivity index (χ3n) is 3.12. The van der Waals surface area contributed by atoms with Crippen molar-refractivity contribution >= 4 is 28.2 Å². The highest BCUT2D eigenvalue weighted by molar-refractivity contribution is 6.35. The SMILES string of the molecule is Cc1ccoc1CNc1ccc(Cl)c2cccnc12. The van der Waals surface area contributed by atoms with Crippen molar-refractivity contribution in [3.8, 4) is 0 Å². The first-order valence-corrected chi connectivity index (χ1v) is 6.43. The van der Waals surface area contributed by atoms with E-state index in [1.54, 1.807) is 12.5 Å². The molecular formula is C15H13ClN2O. The van der Waals surface area contributed by atoms with Crippen molar-refractivity contribution in [3.05, 3.63) is 59.1 Å². The van der Waals surface area contributed by atoms with Gasteiger partial charge in [0.15, 0.2) is 0 Å². The van der Waals surface area contributed by atoms with E-state index >= 15 is 0 Å². The van der Waals surface area contributed by atoms with Crippen molar-refractivity contribution < 1.29 is 4.42 Å². The van der Waals surface area contributed by atoms with Gasteiger partial charge in [0.2, 0.25) is 0 Å². The molecule has 0 fully saturated rings. The number of hydrogen-bond donors (Lipinski definition) is 1. The number of hydrogen-bond acceptors (Lipinski definition) is 3. The van der Waals surface area contributed by atoms with Crippen LogP contribution in [0, 0.1) is 6.92 Å². The lowest BCUT2D eigenvalue weighted by Crippen LogP contribution is -2.00. The van der Waals surface area contributed by atoms with Gasteiger partial charge in [-0.15, -0.1) is 0 Å². The van der Waals surface area contributed by atoms with Crippen LogP contribution in [-0.2, 0) is 6.54 Å². The van der Waals surface area contributed by atoms with Crippen molar-refractivity contribution in [2.75, 3.05) is 5.32 Å². The maximum absolute atomic E-state index is 6.17. The molecule has 96 valence electrons.